The van der Waals surface area contributed by atoms with Crippen LogP contribution in [0.5, 0.6) is 0 Å². The SMILES string of the molecule is C[C@H](OC(=O)C1(c2ccccc2)CCCCC1)C1CCNCC1. The third-order valence-electron chi connectivity index (χ3n) is 5.76. The third-order valence-corrected chi connectivity index (χ3v) is 5.76. The molecule has 1 heterocycles. The van der Waals surface area contributed by atoms with Crippen LogP contribution in [0.1, 0.15) is 57.4 Å². The molecule has 1 saturated heterocycles. The summed E-state index contributed by atoms with van der Waals surface area (Å²) in [5, 5.41) is 3.38. The molecule has 2 fully saturated rings. The zero-order chi connectivity index (χ0) is 16.1. The minimum atomic E-state index is -0.416. The van der Waals surface area contributed by atoms with Crippen molar-refractivity contribution in [1.29, 1.82) is 0 Å². The van der Waals surface area contributed by atoms with E-state index >= 15 is 0 Å². The van der Waals surface area contributed by atoms with Gasteiger partial charge in [0.15, 0.2) is 0 Å². The van der Waals surface area contributed by atoms with Crippen molar-refractivity contribution in [2.45, 2.75) is 63.4 Å². The van der Waals surface area contributed by atoms with Crippen LogP contribution in [0.2, 0.25) is 0 Å². The lowest BCUT2D eigenvalue weighted by atomic mass is 9.69. The highest BCUT2D eigenvalue weighted by Crippen LogP contribution is 2.41. The largest absolute Gasteiger partial charge is 0.462 e. The lowest BCUT2D eigenvalue weighted by Crippen LogP contribution is -2.43. The molecular formula is C20H29NO2. The summed E-state index contributed by atoms with van der Waals surface area (Å²) >= 11 is 0. The number of piperidine rings is 1. The summed E-state index contributed by atoms with van der Waals surface area (Å²) < 4.78 is 6.02. The topological polar surface area (TPSA) is 38.3 Å². The first-order chi connectivity index (χ1) is 11.2. The maximum atomic E-state index is 13.1. The van der Waals surface area contributed by atoms with Crippen LogP contribution in [0.25, 0.3) is 0 Å². The first kappa shape index (κ1) is 16.5. The van der Waals surface area contributed by atoms with Gasteiger partial charge in [-0.15, -0.1) is 0 Å². The van der Waals surface area contributed by atoms with Gasteiger partial charge in [0.05, 0.1) is 5.41 Å². The molecule has 3 rings (SSSR count). The lowest BCUT2D eigenvalue weighted by Gasteiger charge is -2.37. The van der Waals surface area contributed by atoms with Crippen molar-refractivity contribution in [3.05, 3.63) is 35.9 Å². The highest BCUT2D eigenvalue weighted by molar-refractivity contribution is 5.83. The van der Waals surface area contributed by atoms with Gasteiger partial charge in [-0.1, -0.05) is 49.6 Å². The summed E-state index contributed by atoms with van der Waals surface area (Å²) in [6, 6.07) is 10.3. The molecule has 1 N–H and O–H groups in total. The Morgan fingerprint density at radius 1 is 1.13 bits per heavy atom. The van der Waals surface area contributed by atoms with Gasteiger partial charge >= 0.3 is 5.97 Å². The quantitative estimate of drug-likeness (QED) is 0.858. The molecule has 0 amide bonds. The Balaban J connectivity index is 1.75. The second-order valence-electron chi connectivity index (χ2n) is 7.21. The molecule has 3 nitrogen and oxygen atoms in total. The zero-order valence-corrected chi connectivity index (χ0v) is 14.2. The number of rotatable bonds is 4. The molecule has 23 heavy (non-hydrogen) atoms. The Morgan fingerprint density at radius 2 is 1.78 bits per heavy atom. The van der Waals surface area contributed by atoms with E-state index in [-0.39, 0.29) is 12.1 Å². The second-order valence-corrected chi connectivity index (χ2v) is 7.21. The molecule has 2 aliphatic rings. The zero-order valence-electron chi connectivity index (χ0n) is 14.2. The van der Waals surface area contributed by atoms with Gasteiger partial charge in [-0.3, -0.25) is 4.79 Å². The van der Waals surface area contributed by atoms with E-state index in [1.54, 1.807) is 0 Å². The van der Waals surface area contributed by atoms with E-state index < -0.39 is 5.41 Å². The van der Waals surface area contributed by atoms with E-state index in [0.717, 1.165) is 57.2 Å². The third kappa shape index (κ3) is 3.60. The number of benzene rings is 1. The van der Waals surface area contributed by atoms with Crippen molar-refractivity contribution < 1.29 is 9.53 Å². The van der Waals surface area contributed by atoms with Gasteiger partial charge in [-0.05, 0) is 57.2 Å². The van der Waals surface area contributed by atoms with Crippen molar-refractivity contribution in [2.24, 2.45) is 5.92 Å². The van der Waals surface area contributed by atoms with Crippen LogP contribution in [-0.4, -0.2) is 25.2 Å². The average molecular weight is 315 g/mol. The number of esters is 1. The minimum Gasteiger partial charge on any atom is -0.462 e. The minimum absolute atomic E-state index is 0.00873. The van der Waals surface area contributed by atoms with Crippen LogP contribution in [0.15, 0.2) is 30.3 Å². The molecule has 1 aromatic carbocycles. The molecule has 1 aliphatic heterocycles. The predicted octanol–water partition coefficient (Wildman–Crippen LogP) is 3.82. The van der Waals surface area contributed by atoms with Gasteiger partial charge in [0.25, 0.3) is 0 Å². The summed E-state index contributed by atoms with van der Waals surface area (Å²) in [6.07, 6.45) is 7.54. The summed E-state index contributed by atoms with van der Waals surface area (Å²) in [5.74, 6) is 0.506. The van der Waals surface area contributed by atoms with Gasteiger partial charge in [0.2, 0.25) is 0 Å². The highest BCUT2D eigenvalue weighted by Gasteiger charge is 2.43. The fraction of sp³-hybridized carbons (Fsp3) is 0.650. The van der Waals surface area contributed by atoms with Crippen molar-refractivity contribution in [3.8, 4) is 0 Å². The average Bonchev–Trinajstić information content (AvgIpc) is 2.63. The molecule has 1 aliphatic carbocycles. The van der Waals surface area contributed by atoms with E-state index in [1.807, 2.05) is 18.2 Å². The number of hydrogen-bond donors (Lipinski definition) is 1. The number of carbonyl (C=O) groups excluding carboxylic acids is 1. The number of hydrogen-bond acceptors (Lipinski definition) is 3. The monoisotopic (exact) mass is 315 g/mol. The Hall–Kier alpha value is -1.35. The van der Waals surface area contributed by atoms with Crippen molar-refractivity contribution in [3.63, 3.8) is 0 Å². The molecule has 0 radical (unpaired) electrons. The van der Waals surface area contributed by atoms with Gasteiger partial charge in [-0.2, -0.15) is 0 Å². The second kappa shape index (κ2) is 7.48. The fourth-order valence-corrected chi connectivity index (χ4v) is 4.21. The molecule has 1 atom stereocenters. The lowest BCUT2D eigenvalue weighted by molar-refractivity contribution is -0.160. The molecule has 0 unspecified atom stereocenters. The van der Waals surface area contributed by atoms with E-state index in [4.69, 9.17) is 4.74 Å². The predicted molar refractivity (Wildman–Crippen MR) is 92.4 cm³/mol. The highest BCUT2D eigenvalue weighted by atomic mass is 16.5. The standard InChI is InChI=1S/C20H29NO2/c1-16(17-10-14-21-15-11-17)23-19(22)20(12-6-3-7-13-20)18-8-4-2-5-9-18/h2,4-5,8-9,16-17,21H,3,6-7,10-15H2,1H3/t16-/m0/s1. The molecule has 1 saturated carbocycles. The van der Waals surface area contributed by atoms with Gasteiger partial charge in [-0.25, -0.2) is 0 Å². The molecule has 0 spiro atoms. The number of carbonyl (C=O) groups is 1. The Kier molecular flexibility index (Phi) is 5.37. The number of nitrogens with one attached hydrogen (secondary N) is 1. The smallest absolute Gasteiger partial charge is 0.316 e. The van der Waals surface area contributed by atoms with Crippen LogP contribution < -0.4 is 5.32 Å². The van der Waals surface area contributed by atoms with Crippen molar-refractivity contribution in [2.75, 3.05) is 13.1 Å². The van der Waals surface area contributed by atoms with Crippen LogP contribution in [0.4, 0.5) is 0 Å². The maximum absolute atomic E-state index is 13.1. The molecule has 126 valence electrons. The Morgan fingerprint density at radius 3 is 2.43 bits per heavy atom. The van der Waals surface area contributed by atoms with Crippen LogP contribution >= 0.6 is 0 Å². The van der Waals surface area contributed by atoms with Crippen LogP contribution in [0, 0.1) is 5.92 Å². The molecular weight excluding hydrogens is 286 g/mol. The van der Waals surface area contributed by atoms with Gasteiger partial charge in [0, 0.05) is 0 Å². The fourth-order valence-electron chi connectivity index (χ4n) is 4.21. The van der Waals surface area contributed by atoms with Gasteiger partial charge < -0.3 is 10.1 Å². The molecule has 0 bridgehead atoms. The van der Waals surface area contributed by atoms with E-state index in [1.165, 1.54) is 6.42 Å². The first-order valence-corrected chi connectivity index (χ1v) is 9.20. The number of ether oxygens (including phenoxy) is 1. The van der Waals surface area contributed by atoms with Crippen molar-refractivity contribution in [1.82, 2.24) is 5.32 Å². The molecule has 0 aromatic heterocycles. The van der Waals surface area contributed by atoms with Gasteiger partial charge in [0.1, 0.15) is 6.10 Å². The van der Waals surface area contributed by atoms with E-state index in [9.17, 15) is 4.79 Å². The molecule has 1 aromatic rings. The van der Waals surface area contributed by atoms with E-state index in [2.05, 4.69) is 24.4 Å². The van der Waals surface area contributed by atoms with E-state index in [0.29, 0.717) is 5.92 Å². The summed E-state index contributed by atoms with van der Waals surface area (Å²) in [4.78, 5) is 13.1. The van der Waals surface area contributed by atoms with Crippen LogP contribution in [0.3, 0.4) is 0 Å². The van der Waals surface area contributed by atoms with Crippen molar-refractivity contribution >= 4 is 5.97 Å². The first-order valence-electron chi connectivity index (χ1n) is 9.20. The Labute approximate surface area is 139 Å². The molecule has 3 heteroatoms. The normalized spacial score (nSPS) is 23.2. The summed E-state index contributed by atoms with van der Waals surface area (Å²) in [7, 11) is 0. The maximum Gasteiger partial charge on any atom is 0.316 e. The summed E-state index contributed by atoms with van der Waals surface area (Å²) in [5.41, 5.74) is 0.725. The van der Waals surface area contributed by atoms with Crippen LogP contribution in [-0.2, 0) is 14.9 Å². The summed E-state index contributed by atoms with van der Waals surface area (Å²) in [6.45, 7) is 4.15. The Bertz CT molecular complexity index is 502.